The number of ether oxygens (including phenoxy) is 1. The molecule has 43 heavy (non-hydrogen) atoms. The van der Waals surface area contributed by atoms with Gasteiger partial charge in [-0.05, 0) is 60.7 Å². The number of hydrogen-bond acceptors (Lipinski definition) is 7. The fraction of sp³-hybridized carbons (Fsp3) is 0.303. The minimum atomic E-state index is -0.405. The number of nitrogens with zero attached hydrogens (tertiary/aromatic N) is 3. The van der Waals surface area contributed by atoms with Crippen molar-refractivity contribution >= 4 is 29.0 Å². The zero-order valence-corrected chi connectivity index (χ0v) is 25.1. The monoisotopic (exact) mass is 580 g/mol. The van der Waals surface area contributed by atoms with Gasteiger partial charge in [0.15, 0.2) is 0 Å². The van der Waals surface area contributed by atoms with Gasteiger partial charge in [0.05, 0.1) is 24.5 Å². The highest BCUT2D eigenvalue weighted by atomic mass is 16.5. The molecule has 0 atom stereocenters. The predicted molar refractivity (Wildman–Crippen MR) is 167 cm³/mol. The molecule has 3 heterocycles. The summed E-state index contributed by atoms with van der Waals surface area (Å²) in [6, 6.07) is 16.5. The third-order valence-electron chi connectivity index (χ3n) is 7.64. The summed E-state index contributed by atoms with van der Waals surface area (Å²) in [6.07, 6.45) is 1.50. The van der Waals surface area contributed by atoms with Crippen LogP contribution in [0.25, 0.3) is 11.3 Å². The van der Waals surface area contributed by atoms with Crippen molar-refractivity contribution in [2.24, 2.45) is 0 Å². The maximum absolute atomic E-state index is 13.1. The number of nitrogens with one attached hydrogen (secondary N) is 3. The van der Waals surface area contributed by atoms with Crippen LogP contribution in [0.1, 0.15) is 58.2 Å². The van der Waals surface area contributed by atoms with Crippen molar-refractivity contribution in [3.63, 3.8) is 0 Å². The highest BCUT2D eigenvalue weighted by Gasteiger charge is 2.20. The summed E-state index contributed by atoms with van der Waals surface area (Å²) in [4.78, 5) is 44.8. The summed E-state index contributed by atoms with van der Waals surface area (Å²) in [6.45, 7) is 12.2. The van der Waals surface area contributed by atoms with Gasteiger partial charge in [-0.3, -0.25) is 14.4 Å². The summed E-state index contributed by atoms with van der Waals surface area (Å²) in [5.41, 5.74) is 5.45. The number of morpholine rings is 1. The van der Waals surface area contributed by atoms with Crippen molar-refractivity contribution in [1.82, 2.24) is 20.1 Å². The fourth-order valence-electron chi connectivity index (χ4n) is 4.96. The molecule has 0 radical (unpaired) electrons. The fourth-order valence-corrected chi connectivity index (χ4v) is 4.96. The molecule has 0 bridgehead atoms. The summed E-state index contributed by atoms with van der Waals surface area (Å²) in [5, 5.41) is 13.0. The molecule has 4 aromatic rings. The number of rotatable bonds is 6. The van der Waals surface area contributed by atoms with Crippen LogP contribution in [-0.4, -0.2) is 58.2 Å². The molecule has 3 N–H and O–H groups in total. The van der Waals surface area contributed by atoms with Crippen LogP contribution in [0.3, 0.4) is 0 Å². The second-order valence-electron chi connectivity index (χ2n) is 11.6. The number of aromatic amines is 1. The van der Waals surface area contributed by atoms with E-state index in [2.05, 4.69) is 46.6 Å². The Kier molecular flexibility index (Phi) is 8.40. The Balaban J connectivity index is 1.36. The zero-order valence-electron chi connectivity index (χ0n) is 25.1. The van der Waals surface area contributed by atoms with Gasteiger partial charge in [0.2, 0.25) is 0 Å². The summed E-state index contributed by atoms with van der Waals surface area (Å²) in [7, 11) is 0. The van der Waals surface area contributed by atoms with Crippen molar-refractivity contribution in [2.75, 3.05) is 36.9 Å². The normalized spacial score (nSPS) is 13.5. The Labute approximate surface area is 250 Å². The first-order valence-corrected chi connectivity index (χ1v) is 14.2. The Morgan fingerprint density at radius 1 is 0.930 bits per heavy atom. The molecule has 1 aliphatic rings. The van der Waals surface area contributed by atoms with E-state index in [1.165, 1.54) is 6.20 Å². The number of aromatic nitrogens is 3. The summed E-state index contributed by atoms with van der Waals surface area (Å²) in [5.74, 6) is 0.0993. The lowest BCUT2D eigenvalue weighted by Crippen LogP contribution is -2.40. The molecule has 2 aromatic carbocycles. The maximum Gasteiger partial charge on any atom is 0.288 e. The van der Waals surface area contributed by atoms with Gasteiger partial charge in [0.25, 0.3) is 17.4 Å². The molecule has 10 heteroatoms. The lowest BCUT2D eigenvalue weighted by atomic mass is 9.86. The second kappa shape index (κ2) is 12.2. The number of hydrogen-bond donors (Lipinski definition) is 3. The van der Waals surface area contributed by atoms with Crippen LogP contribution in [0.4, 0.5) is 17.2 Å². The van der Waals surface area contributed by atoms with Gasteiger partial charge in [-0.2, -0.15) is 5.10 Å². The molecule has 1 saturated heterocycles. The molecular weight excluding hydrogens is 544 g/mol. The van der Waals surface area contributed by atoms with Gasteiger partial charge in [-0.1, -0.05) is 45.0 Å². The lowest BCUT2D eigenvalue weighted by Gasteiger charge is -2.26. The third kappa shape index (κ3) is 6.49. The van der Waals surface area contributed by atoms with E-state index >= 15 is 0 Å². The van der Waals surface area contributed by atoms with E-state index in [0.29, 0.717) is 60.2 Å². The number of amides is 2. The van der Waals surface area contributed by atoms with Crippen molar-refractivity contribution in [3.05, 3.63) is 99.0 Å². The first kappa shape index (κ1) is 29.7. The molecule has 0 spiro atoms. The maximum atomic E-state index is 13.1. The minimum Gasteiger partial charge on any atom is -0.378 e. The van der Waals surface area contributed by atoms with Crippen LogP contribution in [-0.2, 0) is 10.2 Å². The van der Waals surface area contributed by atoms with Crippen molar-refractivity contribution < 1.29 is 14.3 Å². The average Bonchev–Trinajstić information content (AvgIpc) is 3.00. The van der Waals surface area contributed by atoms with Gasteiger partial charge in [-0.15, -0.1) is 0 Å². The van der Waals surface area contributed by atoms with Crippen LogP contribution < -0.4 is 16.2 Å². The molecule has 0 unspecified atom stereocenters. The standard InChI is InChI=1S/C33H36N6O4/c1-20-25(7-6-8-26(20)35-30(40)22-9-12-24(13-10-22)33(3,4)5)28-21(2)29(31(41)38-37-28)36-27-14-11-23(19-34-27)32(42)39-15-17-43-18-16-39/h6-14,19H,15-18H2,1-5H3,(H,35,40)(H,38,41)(H,34,36,37). The summed E-state index contributed by atoms with van der Waals surface area (Å²) >= 11 is 0. The molecule has 2 amide bonds. The van der Waals surface area contributed by atoms with Crippen molar-refractivity contribution in [3.8, 4) is 11.3 Å². The van der Waals surface area contributed by atoms with E-state index in [-0.39, 0.29) is 22.9 Å². The molecule has 0 saturated carbocycles. The first-order chi connectivity index (χ1) is 20.5. The second-order valence-corrected chi connectivity index (χ2v) is 11.6. The van der Waals surface area contributed by atoms with E-state index < -0.39 is 5.56 Å². The van der Waals surface area contributed by atoms with Gasteiger partial charge in [-0.25, -0.2) is 10.1 Å². The first-order valence-electron chi connectivity index (χ1n) is 14.2. The largest absolute Gasteiger partial charge is 0.378 e. The van der Waals surface area contributed by atoms with E-state index in [4.69, 9.17) is 4.74 Å². The number of carbonyl (C=O) groups excluding carboxylic acids is 2. The Morgan fingerprint density at radius 3 is 2.28 bits per heavy atom. The molecule has 1 fully saturated rings. The highest BCUT2D eigenvalue weighted by Crippen LogP contribution is 2.32. The molecular formula is C33H36N6O4. The number of benzene rings is 2. The van der Waals surface area contributed by atoms with Gasteiger partial charge in [0, 0.05) is 41.7 Å². The van der Waals surface area contributed by atoms with Crippen LogP contribution in [0.5, 0.6) is 0 Å². The Hall–Kier alpha value is -4.83. The lowest BCUT2D eigenvalue weighted by molar-refractivity contribution is 0.0302. The van der Waals surface area contributed by atoms with E-state index in [9.17, 15) is 14.4 Å². The molecule has 1 aliphatic heterocycles. The van der Waals surface area contributed by atoms with Crippen molar-refractivity contribution in [2.45, 2.75) is 40.0 Å². The van der Waals surface area contributed by atoms with Gasteiger partial charge in [0.1, 0.15) is 11.5 Å². The number of pyridine rings is 1. The van der Waals surface area contributed by atoms with E-state index in [1.807, 2.05) is 49.4 Å². The van der Waals surface area contributed by atoms with Gasteiger partial charge >= 0.3 is 0 Å². The quantitative estimate of drug-likeness (QED) is 0.285. The molecule has 2 aromatic heterocycles. The Morgan fingerprint density at radius 2 is 1.63 bits per heavy atom. The SMILES string of the molecule is Cc1c(NC(=O)c2ccc(C(C)(C)C)cc2)cccc1-c1n[nH]c(=O)c(Nc2ccc(C(=O)N3CCOCC3)cn2)c1C. The molecule has 222 valence electrons. The molecule has 5 rings (SSSR count). The van der Waals surface area contributed by atoms with Gasteiger partial charge < -0.3 is 20.3 Å². The number of anilines is 3. The Bertz CT molecular complexity index is 1700. The van der Waals surface area contributed by atoms with Crippen molar-refractivity contribution in [1.29, 1.82) is 0 Å². The third-order valence-corrected chi connectivity index (χ3v) is 7.64. The van der Waals surface area contributed by atoms with E-state index in [0.717, 1.165) is 16.7 Å². The van der Waals surface area contributed by atoms with Crippen LogP contribution >= 0.6 is 0 Å². The average molecular weight is 581 g/mol. The van der Waals surface area contributed by atoms with Crippen LogP contribution in [0, 0.1) is 13.8 Å². The molecule has 0 aliphatic carbocycles. The van der Waals surface area contributed by atoms with Crippen LogP contribution in [0.15, 0.2) is 65.6 Å². The minimum absolute atomic E-state index is 0.00323. The predicted octanol–water partition coefficient (Wildman–Crippen LogP) is 5.21. The van der Waals surface area contributed by atoms with Crippen LogP contribution in [0.2, 0.25) is 0 Å². The van der Waals surface area contributed by atoms with E-state index in [1.54, 1.807) is 24.0 Å². The molecule has 10 nitrogen and oxygen atoms in total. The number of H-pyrrole nitrogens is 1. The number of carbonyl (C=O) groups is 2. The zero-order chi connectivity index (χ0) is 30.7. The summed E-state index contributed by atoms with van der Waals surface area (Å²) < 4.78 is 5.32. The smallest absolute Gasteiger partial charge is 0.288 e. The highest BCUT2D eigenvalue weighted by molar-refractivity contribution is 6.05. The topological polar surface area (TPSA) is 129 Å².